The van der Waals surface area contributed by atoms with Crippen LogP contribution < -0.4 is 11.1 Å². The molecule has 4 nitrogen and oxygen atoms in total. The zero-order chi connectivity index (χ0) is 9.10. The van der Waals surface area contributed by atoms with Crippen LogP contribution in [-0.4, -0.2) is 17.7 Å². The molecule has 1 aromatic heterocycles. The topological polar surface area (TPSA) is 64.1 Å². The van der Waals surface area contributed by atoms with Crippen LogP contribution in [0.2, 0.25) is 0 Å². The Morgan fingerprint density at radius 3 is 3.23 bits per heavy atom. The van der Waals surface area contributed by atoms with Crippen molar-refractivity contribution in [1.82, 2.24) is 10.5 Å². The van der Waals surface area contributed by atoms with E-state index in [0.29, 0.717) is 11.9 Å². The summed E-state index contributed by atoms with van der Waals surface area (Å²) in [7, 11) is 0. The highest BCUT2D eigenvalue weighted by molar-refractivity contribution is 5.24. The lowest BCUT2D eigenvalue weighted by Crippen LogP contribution is -2.21. The average molecular weight is 181 g/mol. The van der Waals surface area contributed by atoms with Gasteiger partial charge in [-0.05, 0) is 32.2 Å². The minimum atomic E-state index is 0.411. The molecule has 3 N–H and O–H groups in total. The zero-order valence-electron chi connectivity index (χ0n) is 7.62. The Bertz CT molecular complexity index is 266. The van der Waals surface area contributed by atoms with E-state index in [9.17, 15) is 0 Å². The Kier molecular flexibility index (Phi) is 2.49. The normalized spacial score (nSPS) is 22.3. The second-order valence-corrected chi connectivity index (χ2v) is 3.55. The molecule has 1 saturated heterocycles. The van der Waals surface area contributed by atoms with Crippen LogP contribution >= 0.6 is 0 Å². The number of nitrogen functional groups attached to an aromatic ring is 1. The molecule has 0 aromatic carbocycles. The lowest BCUT2D eigenvalue weighted by Gasteiger charge is -2.06. The van der Waals surface area contributed by atoms with Gasteiger partial charge in [0.25, 0.3) is 0 Å². The first-order valence-electron chi connectivity index (χ1n) is 4.79. The molecule has 2 rings (SSSR count). The number of rotatable bonds is 3. The smallest absolute Gasteiger partial charge is 0.222 e. The van der Waals surface area contributed by atoms with E-state index >= 15 is 0 Å². The van der Waals surface area contributed by atoms with Crippen LogP contribution in [0.5, 0.6) is 0 Å². The van der Waals surface area contributed by atoms with Crippen molar-refractivity contribution >= 4 is 5.88 Å². The van der Waals surface area contributed by atoms with Gasteiger partial charge in [0.05, 0.1) is 5.69 Å². The molecular weight excluding hydrogens is 166 g/mol. The maximum Gasteiger partial charge on any atom is 0.222 e. The third-order valence-corrected chi connectivity index (χ3v) is 2.49. The predicted molar refractivity (Wildman–Crippen MR) is 50.3 cm³/mol. The summed E-state index contributed by atoms with van der Waals surface area (Å²) in [6.45, 7) is 1.16. The number of anilines is 1. The Morgan fingerprint density at radius 2 is 2.62 bits per heavy atom. The molecule has 0 aliphatic carbocycles. The largest absolute Gasteiger partial charge is 0.368 e. The van der Waals surface area contributed by atoms with Gasteiger partial charge in [0.2, 0.25) is 5.88 Å². The summed E-state index contributed by atoms with van der Waals surface area (Å²) >= 11 is 0. The van der Waals surface area contributed by atoms with E-state index in [0.717, 1.165) is 25.1 Å². The lowest BCUT2D eigenvalue weighted by atomic mass is 10.1. The molecule has 0 spiro atoms. The zero-order valence-corrected chi connectivity index (χ0v) is 7.62. The number of aromatic nitrogens is 1. The van der Waals surface area contributed by atoms with Crippen molar-refractivity contribution in [2.24, 2.45) is 0 Å². The first-order valence-corrected chi connectivity index (χ1v) is 4.79. The first-order chi connectivity index (χ1) is 6.34. The molecule has 2 heterocycles. The van der Waals surface area contributed by atoms with Crippen molar-refractivity contribution in [2.45, 2.75) is 31.7 Å². The summed E-state index contributed by atoms with van der Waals surface area (Å²) in [4.78, 5) is 0. The molecule has 1 unspecified atom stereocenters. The molecular formula is C9H15N3O. The van der Waals surface area contributed by atoms with Gasteiger partial charge in [-0.15, -0.1) is 0 Å². The average Bonchev–Trinajstić information content (AvgIpc) is 2.71. The fourth-order valence-corrected chi connectivity index (χ4v) is 1.77. The molecule has 0 amide bonds. The first kappa shape index (κ1) is 8.56. The molecule has 0 saturated carbocycles. The summed E-state index contributed by atoms with van der Waals surface area (Å²) < 4.78 is 4.79. The number of hydrogen-bond acceptors (Lipinski definition) is 4. The van der Waals surface area contributed by atoms with Gasteiger partial charge in [-0.25, -0.2) is 0 Å². The number of nitrogens with two attached hydrogens (primary N) is 1. The Hall–Kier alpha value is -1.03. The summed E-state index contributed by atoms with van der Waals surface area (Å²) in [5, 5.41) is 7.29. The highest BCUT2D eigenvalue weighted by Crippen LogP contribution is 2.13. The Balaban J connectivity index is 1.78. The SMILES string of the molecule is Nc1cc(CCC2CCCN2)no1. The predicted octanol–water partition coefficient (Wildman–Crippen LogP) is 0.941. The van der Waals surface area contributed by atoms with Gasteiger partial charge >= 0.3 is 0 Å². The molecule has 1 aliphatic heterocycles. The number of aryl methyl sites for hydroxylation is 1. The van der Waals surface area contributed by atoms with Crippen LogP contribution in [0.15, 0.2) is 10.6 Å². The minimum Gasteiger partial charge on any atom is -0.368 e. The molecule has 0 radical (unpaired) electrons. The van der Waals surface area contributed by atoms with E-state index in [4.69, 9.17) is 10.3 Å². The number of nitrogens with one attached hydrogen (secondary N) is 1. The quantitative estimate of drug-likeness (QED) is 0.728. The van der Waals surface area contributed by atoms with E-state index < -0.39 is 0 Å². The van der Waals surface area contributed by atoms with Gasteiger partial charge in [-0.1, -0.05) is 5.16 Å². The fourth-order valence-electron chi connectivity index (χ4n) is 1.77. The third-order valence-electron chi connectivity index (χ3n) is 2.49. The highest BCUT2D eigenvalue weighted by atomic mass is 16.5. The maximum atomic E-state index is 5.42. The van der Waals surface area contributed by atoms with E-state index in [1.807, 2.05) is 0 Å². The van der Waals surface area contributed by atoms with Crippen LogP contribution in [0.3, 0.4) is 0 Å². The van der Waals surface area contributed by atoms with Gasteiger partial charge in [-0.3, -0.25) is 0 Å². The van der Waals surface area contributed by atoms with Crippen molar-refractivity contribution < 1.29 is 4.52 Å². The Labute approximate surface area is 77.5 Å². The molecule has 0 bridgehead atoms. The van der Waals surface area contributed by atoms with Gasteiger partial charge in [0.1, 0.15) is 0 Å². The van der Waals surface area contributed by atoms with Crippen molar-refractivity contribution in [3.63, 3.8) is 0 Å². The van der Waals surface area contributed by atoms with E-state index in [2.05, 4.69) is 10.5 Å². The van der Waals surface area contributed by atoms with Crippen LogP contribution in [0, 0.1) is 0 Å². The standard InChI is InChI=1S/C9H15N3O/c10-9-6-8(12-13-9)4-3-7-2-1-5-11-7/h6-7,11H,1-5,10H2. The van der Waals surface area contributed by atoms with Crippen LogP contribution in [0.1, 0.15) is 25.0 Å². The summed E-state index contributed by atoms with van der Waals surface area (Å²) in [6.07, 6.45) is 4.67. The van der Waals surface area contributed by atoms with Crippen molar-refractivity contribution in [1.29, 1.82) is 0 Å². The van der Waals surface area contributed by atoms with Crippen molar-refractivity contribution in [3.05, 3.63) is 11.8 Å². The number of hydrogen-bond donors (Lipinski definition) is 2. The minimum absolute atomic E-state index is 0.411. The van der Waals surface area contributed by atoms with E-state index in [-0.39, 0.29) is 0 Å². The molecule has 72 valence electrons. The van der Waals surface area contributed by atoms with Crippen molar-refractivity contribution in [2.75, 3.05) is 12.3 Å². The van der Waals surface area contributed by atoms with Crippen molar-refractivity contribution in [3.8, 4) is 0 Å². The lowest BCUT2D eigenvalue weighted by molar-refractivity contribution is 0.423. The second-order valence-electron chi connectivity index (χ2n) is 3.55. The molecule has 1 aromatic rings. The molecule has 1 atom stereocenters. The molecule has 4 heteroatoms. The van der Waals surface area contributed by atoms with Gasteiger partial charge < -0.3 is 15.6 Å². The van der Waals surface area contributed by atoms with E-state index in [1.54, 1.807) is 6.07 Å². The molecule has 1 fully saturated rings. The second kappa shape index (κ2) is 3.79. The molecule has 1 aliphatic rings. The molecule has 13 heavy (non-hydrogen) atoms. The summed E-state index contributed by atoms with van der Waals surface area (Å²) in [5.41, 5.74) is 6.38. The third kappa shape index (κ3) is 2.21. The van der Waals surface area contributed by atoms with Crippen LogP contribution in [-0.2, 0) is 6.42 Å². The van der Waals surface area contributed by atoms with Crippen LogP contribution in [0.25, 0.3) is 0 Å². The highest BCUT2D eigenvalue weighted by Gasteiger charge is 2.14. The Morgan fingerprint density at radius 1 is 1.69 bits per heavy atom. The van der Waals surface area contributed by atoms with Gasteiger partial charge in [-0.2, -0.15) is 0 Å². The summed E-state index contributed by atoms with van der Waals surface area (Å²) in [6, 6.07) is 2.47. The van der Waals surface area contributed by atoms with Gasteiger partial charge in [0.15, 0.2) is 0 Å². The number of nitrogens with zero attached hydrogens (tertiary/aromatic N) is 1. The summed E-state index contributed by atoms with van der Waals surface area (Å²) in [5.74, 6) is 0.411. The van der Waals surface area contributed by atoms with E-state index in [1.165, 1.54) is 12.8 Å². The van der Waals surface area contributed by atoms with Crippen LogP contribution in [0.4, 0.5) is 5.88 Å². The van der Waals surface area contributed by atoms with Gasteiger partial charge in [0, 0.05) is 12.1 Å². The monoisotopic (exact) mass is 181 g/mol. The maximum absolute atomic E-state index is 5.42. The fraction of sp³-hybridized carbons (Fsp3) is 0.667.